The zero-order chi connectivity index (χ0) is 72.5. The molecule has 2 aliphatic rings. The number of aliphatic imine (C=N–C) groups is 1. The number of benzene rings is 3. The Balaban J connectivity index is 0.000000355. The fraction of sp³-hybridized carbons (Fsp3) is 0.523. The van der Waals surface area contributed by atoms with Crippen molar-refractivity contribution in [2.75, 3.05) is 80.0 Å². The van der Waals surface area contributed by atoms with Gasteiger partial charge in [-0.05, 0) is 130 Å². The highest BCUT2D eigenvalue weighted by molar-refractivity contribution is 7.89. The summed E-state index contributed by atoms with van der Waals surface area (Å²) < 4.78 is 120. The van der Waals surface area contributed by atoms with Gasteiger partial charge in [-0.25, -0.2) is 27.0 Å². The molecule has 538 valence electrons. The maximum atomic E-state index is 13.7. The number of hydrogen-bond donors (Lipinski definition) is 6. The van der Waals surface area contributed by atoms with E-state index in [4.69, 9.17) is 24.5 Å². The summed E-state index contributed by atoms with van der Waals surface area (Å²) in [6.07, 6.45) is 16.1. The van der Waals surface area contributed by atoms with E-state index in [0.717, 1.165) is 59.2 Å². The highest BCUT2D eigenvalue weighted by Gasteiger charge is 2.51. The lowest BCUT2D eigenvalue weighted by Gasteiger charge is -2.34. The number of methoxy groups -OCH3 is 1. The van der Waals surface area contributed by atoms with Gasteiger partial charge in [-0.15, -0.1) is 5.10 Å². The predicted octanol–water partition coefficient (Wildman–Crippen LogP) is 6.98. The molecule has 3 aromatic carbocycles. The lowest BCUT2D eigenvalue weighted by Crippen LogP contribution is -2.51. The summed E-state index contributed by atoms with van der Waals surface area (Å²) in [5.74, 6) is -1.74. The molecule has 0 fully saturated rings. The Kier molecular flexibility index (Phi) is 30.9. The van der Waals surface area contributed by atoms with Crippen LogP contribution in [0.5, 0.6) is 5.75 Å². The van der Waals surface area contributed by atoms with Crippen LogP contribution in [0.25, 0.3) is 10.4 Å². The number of sulfonamides is 1. The van der Waals surface area contributed by atoms with Crippen molar-refractivity contribution >= 4 is 71.0 Å². The van der Waals surface area contributed by atoms with E-state index in [2.05, 4.69) is 48.3 Å². The van der Waals surface area contributed by atoms with Gasteiger partial charge in [0.1, 0.15) is 45.9 Å². The van der Waals surface area contributed by atoms with E-state index in [9.17, 15) is 58.7 Å². The third-order valence-corrected chi connectivity index (χ3v) is 19.9. The number of allylic oxidation sites excluding steroid dienone is 6. The number of rotatable bonds is 39. The monoisotopic (exact) mass is 1420 g/mol. The first-order valence-corrected chi connectivity index (χ1v) is 36.4. The number of hydrogen-bond acceptors (Lipinski definition) is 20. The number of ether oxygens (including phenoxy) is 4. The van der Waals surface area contributed by atoms with Crippen LogP contribution in [0, 0.1) is 5.92 Å². The smallest absolute Gasteiger partial charge is 0.294 e. The zero-order valence-corrected chi connectivity index (χ0v) is 59.6. The molecule has 6 rings (SSSR count). The van der Waals surface area contributed by atoms with Crippen LogP contribution in [0.1, 0.15) is 117 Å². The number of carbonyl (C=O) groups is 4. The number of unbranched alkanes of at least 4 members (excludes halogenated alkanes) is 2. The number of fused-ring (bicyclic) bond motifs is 2. The van der Waals surface area contributed by atoms with Gasteiger partial charge in [-0.3, -0.25) is 38.4 Å². The number of nitrogens with one attached hydrogen (secondary N) is 4. The topological polar surface area (TPSA) is 414 Å². The number of nitrogens with zero attached hydrogens (tertiary/aromatic N) is 9. The molecule has 4 aromatic rings. The van der Waals surface area contributed by atoms with Gasteiger partial charge < -0.3 is 39.5 Å². The fourth-order valence-corrected chi connectivity index (χ4v) is 14.0. The Labute approximate surface area is 574 Å². The molecule has 4 amide bonds. The van der Waals surface area contributed by atoms with Gasteiger partial charge in [0.25, 0.3) is 16.0 Å². The van der Waals surface area contributed by atoms with Crippen molar-refractivity contribution in [1.82, 2.24) is 45.2 Å². The van der Waals surface area contributed by atoms with Gasteiger partial charge >= 0.3 is 0 Å². The van der Waals surface area contributed by atoms with Gasteiger partial charge in [0.15, 0.2) is 0 Å². The maximum Gasteiger partial charge on any atom is 0.294 e. The molecule has 2 unspecified atom stereocenters. The van der Waals surface area contributed by atoms with Gasteiger partial charge in [-0.2, -0.15) is 12.7 Å². The quantitative estimate of drug-likeness (QED) is 0.00302. The number of hydroxylamine groups is 1. The molecule has 0 saturated carbocycles. The van der Waals surface area contributed by atoms with Crippen LogP contribution in [-0.2, 0) is 87.6 Å². The van der Waals surface area contributed by atoms with Crippen LogP contribution in [0.3, 0.4) is 0 Å². The van der Waals surface area contributed by atoms with Crippen LogP contribution in [0.2, 0.25) is 0 Å². The van der Waals surface area contributed by atoms with Crippen molar-refractivity contribution in [2.45, 2.75) is 151 Å². The third-order valence-electron chi connectivity index (χ3n) is 16.4. The van der Waals surface area contributed by atoms with E-state index in [1.54, 1.807) is 43.7 Å². The predicted molar refractivity (Wildman–Crippen MR) is 365 cm³/mol. The standard InChI is InChI=1S/C35H45N3O7S2.C30H48N10O10S/c1-7-21-36-33(39)16-12-9-13-22-38(6)30-20-18-26(47(43,44)45)24-28(30)35(4,5)32(38)15-11-8-10-14-31-34(2,3)27-23-25(46(40,41)42)17-19-29(27)37-31;1-5-6-26(34-27(41)19-33-37-31)29(42)32-11-13-48-15-17-50-18-16-49-14-12-39-20-23(35-38-39)21-40(28(22(2)3)30(43)36-44)51(45,46)25-9-7-24(47-4)8-10-25/h8,10-11,14-15,17-20,23-24H,7,9,12-13,16,21-22H2,1-6H3,(H2-,36,39,40,41,42,43,44,45);7-10,20,22,26,28,44H,5-6,11-19,21H2,1-4H3,(H,32,42)(H,34,41)(H,36,43)/b11-8+,14-10+,32-15+;/t;26?,28-/m.0/s1. The first-order valence-electron chi connectivity index (χ1n) is 32.1. The summed E-state index contributed by atoms with van der Waals surface area (Å²) in [4.78, 5) is 55.4. The summed E-state index contributed by atoms with van der Waals surface area (Å²) in [6.45, 7) is 18.2. The molecule has 30 nitrogen and oxygen atoms in total. The maximum absolute atomic E-state index is 13.7. The minimum absolute atomic E-state index is 0.0624. The molecule has 0 radical (unpaired) electrons. The van der Waals surface area contributed by atoms with Crippen molar-refractivity contribution < 1.29 is 77.7 Å². The second-order valence-electron chi connectivity index (χ2n) is 24.7. The van der Waals surface area contributed by atoms with E-state index < -0.39 is 70.9 Å². The van der Waals surface area contributed by atoms with Gasteiger partial charge in [0.05, 0.1) is 111 Å². The SMILES string of the molecule is CCCC(NC(=O)CN=[N+]=[N-])C(=O)NCCOCCOCCOCCn1cc(CN([C@H](C(=O)NO)C(C)C)S(=O)(=O)c2ccc(OC)cc2)nn1.CCCNC(=O)CCCCC[N+]1(C)/C(=C/C=C/C=C/C2=Nc3ccc(S(=O)(=O)[O-])cc3C2(C)C)C(C)(C)c2cc(S(=O)(=O)O)ccc21. The molecular formula is C65H93N13O17S3. The van der Waals surface area contributed by atoms with E-state index in [-0.39, 0.29) is 65.0 Å². The lowest BCUT2D eigenvalue weighted by molar-refractivity contribution is -0.134. The normalized spacial score (nSPS) is 16.6. The Hall–Kier alpha value is -7.79. The second-order valence-corrected chi connectivity index (χ2v) is 29.4. The van der Waals surface area contributed by atoms with Crippen molar-refractivity contribution in [2.24, 2.45) is 16.0 Å². The molecule has 0 saturated heterocycles. The van der Waals surface area contributed by atoms with Crippen LogP contribution >= 0.6 is 0 Å². The van der Waals surface area contributed by atoms with Crippen molar-refractivity contribution in [3.8, 4) is 5.75 Å². The average Bonchev–Trinajstić information content (AvgIpc) is 1.56. The van der Waals surface area contributed by atoms with Gasteiger partial charge in [0, 0.05) is 47.7 Å². The average molecular weight is 1420 g/mol. The van der Waals surface area contributed by atoms with E-state index >= 15 is 0 Å². The summed E-state index contributed by atoms with van der Waals surface area (Å²) in [5, 5.41) is 28.8. The first kappa shape index (κ1) is 80.9. The third kappa shape index (κ3) is 22.6. The van der Waals surface area contributed by atoms with Gasteiger partial charge in [-0.1, -0.05) is 76.5 Å². The fourth-order valence-electron chi connectivity index (χ4n) is 11.3. The largest absolute Gasteiger partial charge is 0.744 e. The molecule has 0 spiro atoms. The zero-order valence-electron chi connectivity index (χ0n) is 57.2. The van der Waals surface area contributed by atoms with Crippen LogP contribution in [-0.4, -0.2) is 180 Å². The lowest BCUT2D eigenvalue weighted by atomic mass is 9.81. The van der Waals surface area contributed by atoms with Crippen molar-refractivity contribution in [3.05, 3.63) is 130 Å². The Morgan fingerprint density at radius 3 is 2.07 bits per heavy atom. The number of carbonyl (C=O) groups excluding carboxylic acids is 4. The summed E-state index contributed by atoms with van der Waals surface area (Å²) in [7, 11) is -9.63. The number of likely N-dealkylation sites (N-methyl/N-ethyl adjacent to an activating group) is 1. The Bertz CT molecular complexity index is 3910. The van der Waals surface area contributed by atoms with E-state index in [1.807, 2.05) is 71.9 Å². The molecule has 3 atom stereocenters. The molecule has 6 N–H and O–H groups in total. The summed E-state index contributed by atoms with van der Waals surface area (Å²) in [5.41, 5.74) is 13.8. The summed E-state index contributed by atoms with van der Waals surface area (Å²) >= 11 is 0. The summed E-state index contributed by atoms with van der Waals surface area (Å²) in [6, 6.07) is 12.8. The number of quaternary nitrogens is 1. The molecule has 33 heteroatoms. The van der Waals surface area contributed by atoms with Crippen LogP contribution in [0.4, 0.5) is 11.4 Å². The minimum atomic E-state index is -4.59. The Morgan fingerprint density at radius 2 is 1.45 bits per heavy atom. The molecular weight excluding hydrogens is 1330 g/mol. The molecule has 0 bridgehead atoms. The first-order chi connectivity index (χ1) is 46.3. The van der Waals surface area contributed by atoms with E-state index in [1.165, 1.54) is 54.3 Å². The number of amides is 4. The molecule has 1 aromatic heterocycles. The van der Waals surface area contributed by atoms with Crippen LogP contribution in [0.15, 0.2) is 128 Å². The minimum Gasteiger partial charge on any atom is -0.744 e. The molecule has 2 aliphatic heterocycles. The highest BCUT2D eigenvalue weighted by Crippen LogP contribution is 2.52. The Morgan fingerprint density at radius 1 is 0.796 bits per heavy atom. The number of aromatic nitrogens is 3. The van der Waals surface area contributed by atoms with Gasteiger partial charge in [0.2, 0.25) is 27.7 Å². The van der Waals surface area contributed by atoms with Crippen LogP contribution < -0.4 is 30.7 Å². The highest BCUT2D eigenvalue weighted by atomic mass is 32.2. The molecule has 0 aliphatic carbocycles. The molecule has 98 heavy (non-hydrogen) atoms. The second kappa shape index (κ2) is 37.4. The number of azide groups is 1. The molecule has 3 heterocycles. The van der Waals surface area contributed by atoms with E-state index in [0.29, 0.717) is 80.3 Å². The van der Waals surface area contributed by atoms with Crippen molar-refractivity contribution in [3.63, 3.8) is 0 Å². The van der Waals surface area contributed by atoms with Crippen molar-refractivity contribution in [1.29, 1.82) is 0 Å².